The third-order valence-corrected chi connectivity index (χ3v) is 3.74. The van der Waals surface area contributed by atoms with Crippen molar-refractivity contribution in [2.45, 2.75) is 38.9 Å². The van der Waals surface area contributed by atoms with Crippen LogP contribution in [0.5, 0.6) is 0 Å². The minimum atomic E-state index is -5.10. The van der Waals surface area contributed by atoms with Gasteiger partial charge in [-0.1, -0.05) is 0 Å². The summed E-state index contributed by atoms with van der Waals surface area (Å²) in [7, 11) is 0. The van der Waals surface area contributed by atoms with Gasteiger partial charge in [-0.2, -0.15) is 0 Å². The summed E-state index contributed by atoms with van der Waals surface area (Å²) in [5, 5.41) is 0. The van der Waals surface area contributed by atoms with Crippen molar-refractivity contribution in [3.8, 4) is 24.7 Å². The number of hydrogen-bond donors (Lipinski definition) is 2. The first-order valence-electron chi connectivity index (χ1n) is 6.50. The van der Waals surface area contributed by atoms with Gasteiger partial charge in [-0.15, -0.1) is 0 Å². The molecular weight excluding hydrogens is 350 g/mol. The summed E-state index contributed by atoms with van der Waals surface area (Å²) in [6.07, 6.45) is 10.7. The van der Waals surface area contributed by atoms with E-state index in [2.05, 4.69) is 11.8 Å². The monoisotopic (exact) mass is 372 g/mol. The van der Waals surface area contributed by atoms with E-state index in [0.29, 0.717) is 0 Å². The number of halogens is 2. The molecule has 8 heteroatoms. The van der Waals surface area contributed by atoms with Gasteiger partial charge < -0.3 is 0 Å². The Hall–Kier alpha value is -0.0700. The van der Waals surface area contributed by atoms with Crippen LogP contribution in [-0.4, -0.2) is 40.8 Å². The Labute approximate surface area is 142 Å². The predicted octanol–water partition coefficient (Wildman–Crippen LogP) is 3.07. The summed E-state index contributed by atoms with van der Waals surface area (Å²) in [5.41, 5.74) is -1.57. The van der Waals surface area contributed by atoms with Gasteiger partial charge in [0.05, 0.1) is 0 Å². The second kappa shape index (κ2) is 7.67. The molecule has 5 nitrogen and oxygen atoms in total. The van der Waals surface area contributed by atoms with Crippen LogP contribution in [0.25, 0.3) is 0 Å². The van der Waals surface area contributed by atoms with E-state index in [9.17, 15) is 9.79 Å². The van der Waals surface area contributed by atoms with Gasteiger partial charge in [0.25, 0.3) is 0 Å². The molecule has 0 aromatic heterocycles. The Balaban J connectivity index is 4.72. The molecule has 0 aliphatic carbocycles. The number of ether oxygens (including phenoxy) is 2. The first-order chi connectivity index (χ1) is 9.66. The van der Waals surface area contributed by atoms with Crippen LogP contribution in [0.2, 0.25) is 0 Å². The molecule has 0 amide bonds. The molecule has 0 aliphatic heterocycles. The Morgan fingerprint density at radius 2 is 1.32 bits per heavy atom. The Kier molecular flexibility index (Phi) is 7.64. The van der Waals surface area contributed by atoms with Gasteiger partial charge in [-0.05, 0) is 0 Å². The summed E-state index contributed by atoms with van der Waals surface area (Å²) in [6.45, 7) is 6.96. The van der Waals surface area contributed by atoms with Crippen LogP contribution in [0.15, 0.2) is 0 Å². The van der Waals surface area contributed by atoms with Crippen molar-refractivity contribution in [2.75, 3.05) is 19.8 Å². The van der Waals surface area contributed by atoms with Crippen molar-refractivity contribution in [1.82, 2.24) is 0 Å². The quantitative estimate of drug-likeness (QED) is 0.480. The van der Waals surface area contributed by atoms with Crippen LogP contribution in [0.3, 0.4) is 0 Å². The summed E-state index contributed by atoms with van der Waals surface area (Å²) >= 11 is 10.6. The molecule has 128 valence electrons. The van der Waals surface area contributed by atoms with Crippen LogP contribution in [0, 0.1) is 30.6 Å². The molecule has 0 bridgehead atoms. The standard InChI is InChI=1S/C14H23Cl2O5P/c1-7-13(3,4)19-9-12(10-20-14(5,6)8-2)11-21-22(15,16,17)18/h1-2,12,17-18H,9-11H2,3-6H3. The van der Waals surface area contributed by atoms with E-state index in [-0.39, 0.29) is 19.8 Å². The molecule has 0 saturated carbocycles. The first-order valence-corrected chi connectivity index (χ1v) is 10.4. The van der Waals surface area contributed by atoms with Crippen LogP contribution >= 0.6 is 28.5 Å². The molecule has 0 radical (unpaired) electrons. The Morgan fingerprint density at radius 1 is 0.955 bits per heavy atom. The predicted molar refractivity (Wildman–Crippen MR) is 90.2 cm³/mol. The fourth-order valence-corrected chi connectivity index (χ4v) is 1.90. The molecule has 0 atom stereocenters. The Bertz CT molecular complexity index is 417. The van der Waals surface area contributed by atoms with Crippen LogP contribution < -0.4 is 0 Å². The van der Waals surface area contributed by atoms with Crippen molar-refractivity contribution >= 4 is 28.5 Å². The third kappa shape index (κ3) is 11.5. The van der Waals surface area contributed by atoms with Gasteiger partial charge in [0.15, 0.2) is 0 Å². The maximum absolute atomic E-state index is 9.33. The Morgan fingerprint density at radius 3 is 1.59 bits per heavy atom. The second-order valence-electron chi connectivity index (χ2n) is 5.85. The molecule has 0 aromatic rings. The molecule has 22 heavy (non-hydrogen) atoms. The summed E-state index contributed by atoms with van der Waals surface area (Å²) in [5.74, 6) is -0.538. The zero-order valence-electron chi connectivity index (χ0n) is 13.2. The third-order valence-electron chi connectivity index (χ3n) is 2.58. The molecular formula is C14H23Cl2O5P. The van der Waals surface area contributed by atoms with E-state index in [4.69, 9.17) is 49.3 Å². The molecule has 0 aromatic carbocycles. The average molecular weight is 373 g/mol. The second-order valence-corrected chi connectivity index (χ2v) is 11.8. The van der Waals surface area contributed by atoms with Crippen molar-refractivity contribution in [2.24, 2.45) is 5.92 Å². The van der Waals surface area contributed by atoms with E-state index in [1.54, 1.807) is 27.7 Å². The average Bonchev–Trinajstić information content (AvgIpc) is 2.36. The maximum atomic E-state index is 9.33. The van der Waals surface area contributed by atoms with Crippen LogP contribution in [-0.2, 0) is 14.0 Å². The fraction of sp³-hybridized carbons (Fsp3) is 0.714. The van der Waals surface area contributed by atoms with Crippen molar-refractivity contribution in [3.05, 3.63) is 0 Å². The van der Waals surface area contributed by atoms with Gasteiger partial charge in [-0.3, -0.25) is 0 Å². The van der Waals surface area contributed by atoms with E-state index in [1.807, 2.05) is 0 Å². The molecule has 0 fully saturated rings. The first kappa shape index (κ1) is 21.9. The molecule has 0 aliphatic rings. The summed E-state index contributed by atoms with van der Waals surface area (Å²) in [4.78, 5) is 18.7. The number of terminal acetylenes is 2. The molecule has 2 N–H and O–H groups in total. The summed E-state index contributed by atoms with van der Waals surface area (Å²) in [6, 6.07) is 0. The van der Waals surface area contributed by atoms with E-state index in [0.717, 1.165) is 0 Å². The van der Waals surface area contributed by atoms with Crippen LogP contribution in [0.4, 0.5) is 0 Å². The number of rotatable bonds is 9. The van der Waals surface area contributed by atoms with Crippen LogP contribution in [0.1, 0.15) is 27.7 Å². The summed E-state index contributed by atoms with van der Waals surface area (Å²) < 4.78 is 15.9. The van der Waals surface area contributed by atoms with Crippen molar-refractivity contribution in [3.63, 3.8) is 0 Å². The molecule has 0 unspecified atom stereocenters. The van der Waals surface area contributed by atoms with Crippen molar-refractivity contribution < 1.29 is 23.8 Å². The number of hydrogen-bond acceptors (Lipinski definition) is 5. The van der Waals surface area contributed by atoms with Gasteiger partial charge in [0, 0.05) is 0 Å². The van der Waals surface area contributed by atoms with Gasteiger partial charge in [0.1, 0.15) is 0 Å². The van der Waals surface area contributed by atoms with E-state index in [1.165, 1.54) is 0 Å². The van der Waals surface area contributed by atoms with Gasteiger partial charge in [0.2, 0.25) is 0 Å². The van der Waals surface area contributed by atoms with Crippen molar-refractivity contribution in [1.29, 1.82) is 0 Å². The topological polar surface area (TPSA) is 68.2 Å². The van der Waals surface area contributed by atoms with E-state index >= 15 is 0 Å². The zero-order chi connectivity index (χ0) is 17.7. The molecule has 0 heterocycles. The normalized spacial score (nSPS) is 15.0. The van der Waals surface area contributed by atoms with Gasteiger partial charge in [-0.25, -0.2) is 0 Å². The zero-order valence-corrected chi connectivity index (χ0v) is 15.6. The fourth-order valence-electron chi connectivity index (χ4n) is 1.11. The minimum absolute atomic E-state index is 0.137. The SMILES string of the molecule is C#CC(C)(C)OCC(COC(C)(C)C#C)COP(O)(O)(Cl)Cl. The molecule has 0 spiro atoms. The molecule has 0 rings (SSSR count). The van der Waals surface area contributed by atoms with E-state index < -0.39 is 23.1 Å². The molecule has 0 saturated heterocycles. The van der Waals surface area contributed by atoms with Gasteiger partial charge >= 0.3 is 142 Å².